The Morgan fingerprint density at radius 2 is 1.87 bits per heavy atom. The Balaban J connectivity index is 2.02. The van der Waals surface area contributed by atoms with Gasteiger partial charge in [-0.3, -0.25) is 9.48 Å². The molecule has 1 aromatic heterocycles. The van der Waals surface area contributed by atoms with Crippen molar-refractivity contribution in [2.45, 2.75) is 33.2 Å². The van der Waals surface area contributed by atoms with Crippen molar-refractivity contribution in [3.63, 3.8) is 0 Å². The molecule has 1 unspecified atom stereocenters. The zero-order valence-corrected chi connectivity index (χ0v) is 14.8. The molecule has 1 atom stereocenters. The van der Waals surface area contributed by atoms with Crippen LogP contribution >= 0.6 is 0 Å². The van der Waals surface area contributed by atoms with Crippen LogP contribution in [0.3, 0.4) is 0 Å². The lowest BCUT2D eigenvalue weighted by molar-refractivity contribution is 0.0940. The summed E-state index contributed by atoms with van der Waals surface area (Å²) >= 11 is 0. The Labute approximate surface area is 138 Å². The number of amides is 1. The molecule has 0 aliphatic rings. The van der Waals surface area contributed by atoms with E-state index in [1.165, 1.54) is 5.56 Å². The van der Waals surface area contributed by atoms with Gasteiger partial charge in [-0.05, 0) is 57.0 Å². The van der Waals surface area contributed by atoms with E-state index in [9.17, 15) is 4.79 Å². The molecule has 0 saturated heterocycles. The maximum atomic E-state index is 12.4. The number of nitrogens with one attached hydrogen (secondary N) is 1. The summed E-state index contributed by atoms with van der Waals surface area (Å²) in [5.41, 5.74) is 5.15. The van der Waals surface area contributed by atoms with Gasteiger partial charge in [0.2, 0.25) is 0 Å². The van der Waals surface area contributed by atoms with Crippen molar-refractivity contribution in [3.8, 4) is 0 Å². The van der Waals surface area contributed by atoms with Gasteiger partial charge in [0.15, 0.2) is 0 Å². The monoisotopic (exact) mass is 314 g/mol. The predicted molar refractivity (Wildman–Crippen MR) is 94.1 cm³/mol. The fourth-order valence-electron chi connectivity index (χ4n) is 2.69. The highest BCUT2D eigenvalue weighted by Gasteiger charge is 2.15. The van der Waals surface area contributed by atoms with E-state index in [-0.39, 0.29) is 11.9 Å². The highest BCUT2D eigenvalue weighted by Crippen LogP contribution is 2.15. The van der Waals surface area contributed by atoms with E-state index in [0.29, 0.717) is 5.56 Å². The molecule has 1 heterocycles. The van der Waals surface area contributed by atoms with E-state index >= 15 is 0 Å². The lowest BCUT2D eigenvalue weighted by atomic mass is 10.0. The van der Waals surface area contributed by atoms with Crippen molar-refractivity contribution in [3.05, 3.63) is 46.8 Å². The fraction of sp³-hybridized carbons (Fsp3) is 0.444. The number of nitrogens with zero attached hydrogens (tertiary/aromatic N) is 3. The molecule has 5 nitrogen and oxygen atoms in total. The van der Waals surface area contributed by atoms with E-state index < -0.39 is 0 Å². The third-order valence-corrected chi connectivity index (χ3v) is 4.19. The number of rotatable bonds is 5. The molecule has 0 spiro atoms. The van der Waals surface area contributed by atoms with Crippen LogP contribution in [0.1, 0.15) is 34.2 Å². The molecule has 2 aromatic rings. The van der Waals surface area contributed by atoms with E-state index in [4.69, 9.17) is 0 Å². The number of hydrogen-bond acceptors (Lipinski definition) is 3. The van der Waals surface area contributed by atoms with Gasteiger partial charge >= 0.3 is 0 Å². The van der Waals surface area contributed by atoms with Gasteiger partial charge < -0.3 is 10.2 Å². The van der Waals surface area contributed by atoms with Crippen LogP contribution < -0.4 is 10.2 Å². The van der Waals surface area contributed by atoms with Gasteiger partial charge in [0.25, 0.3) is 5.91 Å². The first-order valence-electron chi connectivity index (χ1n) is 7.87. The number of benzene rings is 1. The number of carbonyl (C=O) groups is 1. The molecule has 23 heavy (non-hydrogen) atoms. The highest BCUT2D eigenvalue weighted by molar-refractivity contribution is 5.94. The SMILES string of the molecule is Cc1nn(C)c(C)c1CC(C)NC(=O)c1ccc(N(C)C)cc1. The largest absolute Gasteiger partial charge is 0.378 e. The third-order valence-electron chi connectivity index (χ3n) is 4.19. The number of aromatic nitrogens is 2. The van der Waals surface area contributed by atoms with Crippen molar-refractivity contribution in [2.75, 3.05) is 19.0 Å². The quantitative estimate of drug-likeness (QED) is 0.922. The maximum absolute atomic E-state index is 12.4. The molecule has 1 N–H and O–H groups in total. The lowest BCUT2D eigenvalue weighted by Crippen LogP contribution is -2.34. The third kappa shape index (κ3) is 3.92. The molecule has 0 fully saturated rings. The van der Waals surface area contributed by atoms with Crippen LogP contribution in [0.2, 0.25) is 0 Å². The molecule has 0 aliphatic carbocycles. The number of hydrogen-bond donors (Lipinski definition) is 1. The van der Waals surface area contributed by atoms with Gasteiger partial charge in [0.05, 0.1) is 5.69 Å². The van der Waals surface area contributed by atoms with E-state index in [1.807, 2.05) is 68.8 Å². The smallest absolute Gasteiger partial charge is 0.251 e. The number of anilines is 1. The van der Waals surface area contributed by atoms with Gasteiger partial charge in [-0.2, -0.15) is 5.10 Å². The standard InChI is InChI=1S/C18H26N4O/c1-12(11-17-13(2)20-22(6)14(17)3)19-18(23)15-7-9-16(10-8-15)21(4)5/h7-10,12H,11H2,1-6H3,(H,19,23). The van der Waals surface area contributed by atoms with Crippen molar-refractivity contribution < 1.29 is 4.79 Å². The second-order valence-electron chi connectivity index (χ2n) is 6.29. The summed E-state index contributed by atoms with van der Waals surface area (Å²) in [6.45, 7) is 6.10. The molecule has 1 amide bonds. The highest BCUT2D eigenvalue weighted by atomic mass is 16.1. The predicted octanol–water partition coefficient (Wildman–Crippen LogP) is 2.46. The second-order valence-corrected chi connectivity index (χ2v) is 6.29. The van der Waals surface area contributed by atoms with Crippen LogP contribution in [0.25, 0.3) is 0 Å². The summed E-state index contributed by atoms with van der Waals surface area (Å²) in [5, 5.41) is 7.49. The molecule has 0 bridgehead atoms. The van der Waals surface area contributed by atoms with Crippen LogP contribution in [-0.4, -0.2) is 35.8 Å². The first-order valence-corrected chi connectivity index (χ1v) is 7.87. The zero-order chi connectivity index (χ0) is 17.1. The Kier molecular flexibility index (Phi) is 5.08. The minimum atomic E-state index is -0.0398. The van der Waals surface area contributed by atoms with Crippen LogP contribution in [0.5, 0.6) is 0 Å². The zero-order valence-electron chi connectivity index (χ0n) is 14.8. The average Bonchev–Trinajstić information content (AvgIpc) is 2.73. The molecule has 124 valence electrons. The van der Waals surface area contributed by atoms with Gasteiger partial charge in [0.1, 0.15) is 0 Å². The van der Waals surface area contributed by atoms with Crippen LogP contribution in [0.4, 0.5) is 5.69 Å². The molecular weight excluding hydrogens is 288 g/mol. The van der Waals surface area contributed by atoms with Crippen LogP contribution in [0.15, 0.2) is 24.3 Å². The molecule has 0 radical (unpaired) electrons. The minimum Gasteiger partial charge on any atom is -0.378 e. The van der Waals surface area contributed by atoms with Gasteiger partial charge in [0, 0.05) is 44.1 Å². The fourth-order valence-corrected chi connectivity index (χ4v) is 2.69. The molecule has 0 saturated carbocycles. The minimum absolute atomic E-state index is 0.0398. The summed E-state index contributed by atoms with van der Waals surface area (Å²) in [6, 6.07) is 7.68. The van der Waals surface area contributed by atoms with Crippen molar-refractivity contribution in [1.29, 1.82) is 0 Å². The maximum Gasteiger partial charge on any atom is 0.251 e. The average molecular weight is 314 g/mol. The van der Waals surface area contributed by atoms with Crippen LogP contribution in [0, 0.1) is 13.8 Å². The Morgan fingerprint density at radius 3 is 2.35 bits per heavy atom. The van der Waals surface area contributed by atoms with Gasteiger partial charge in [-0.1, -0.05) is 0 Å². The first kappa shape index (κ1) is 17.1. The lowest BCUT2D eigenvalue weighted by Gasteiger charge is -2.16. The summed E-state index contributed by atoms with van der Waals surface area (Å²) in [6.07, 6.45) is 0.785. The van der Waals surface area contributed by atoms with Gasteiger partial charge in [-0.15, -0.1) is 0 Å². The molecule has 0 aliphatic heterocycles. The van der Waals surface area contributed by atoms with Crippen LogP contribution in [-0.2, 0) is 13.5 Å². The van der Waals surface area contributed by atoms with Gasteiger partial charge in [-0.25, -0.2) is 0 Å². The Hall–Kier alpha value is -2.30. The summed E-state index contributed by atoms with van der Waals surface area (Å²) in [5.74, 6) is -0.0398. The van der Waals surface area contributed by atoms with E-state index in [1.54, 1.807) is 0 Å². The number of aryl methyl sites for hydroxylation is 2. The van der Waals surface area contributed by atoms with E-state index in [2.05, 4.69) is 17.3 Å². The van der Waals surface area contributed by atoms with E-state index in [0.717, 1.165) is 23.5 Å². The number of carbonyl (C=O) groups excluding carboxylic acids is 1. The van der Waals surface area contributed by atoms with Crippen molar-refractivity contribution in [2.24, 2.45) is 7.05 Å². The first-order chi connectivity index (χ1) is 10.8. The van der Waals surface area contributed by atoms with Crippen molar-refractivity contribution in [1.82, 2.24) is 15.1 Å². The topological polar surface area (TPSA) is 50.2 Å². The Bertz CT molecular complexity index is 686. The normalized spacial score (nSPS) is 12.1. The molecular formula is C18H26N4O. The Morgan fingerprint density at radius 1 is 1.26 bits per heavy atom. The molecule has 5 heteroatoms. The summed E-state index contributed by atoms with van der Waals surface area (Å²) in [4.78, 5) is 14.4. The summed E-state index contributed by atoms with van der Waals surface area (Å²) < 4.78 is 1.89. The molecule has 2 rings (SSSR count). The summed E-state index contributed by atoms with van der Waals surface area (Å²) in [7, 11) is 5.91. The van der Waals surface area contributed by atoms with Crippen molar-refractivity contribution >= 4 is 11.6 Å². The molecule has 1 aromatic carbocycles. The second kappa shape index (κ2) is 6.86.